The first kappa shape index (κ1) is 75.3. The van der Waals surface area contributed by atoms with E-state index in [2.05, 4.69) is 5.32 Å². The molecule has 0 aliphatic rings. The smallest absolute Gasteiger partial charge is 0.325 e. The van der Waals surface area contributed by atoms with Crippen LogP contribution in [0.2, 0.25) is 0 Å². The first-order valence-corrected chi connectivity index (χ1v) is 28.9. The molecule has 0 aromatic heterocycles. The molecule has 0 spiro atoms. The summed E-state index contributed by atoms with van der Waals surface area (Å²) in [6.45, 7) is 27.7. The number of likely N-dealkylation sites (N-methyl/N-ethyl adjacent to an activating group) is 6. The normalized spacial score (nSPS) is 15.8. The Balaban J connectivity index is 7.20. The largest absolute Gasteiger partial charge is 0.468 e. The Hall–Kier alpha value is -5.73. The maximum absolute atomic E-state index is 15.2. The van der Waals surface area contributed by atoms with Crippen LogP contribution in [0.4, 0.5) is 0 Å². The van der Waals surface area contributed by atoms with Gasteiger partial charge >= 0.3 is 11.9 Å². The highest BCUT2D eigenvalue weighted by molar-refractivity contribution is 5.98. The lowest BCUT2D eigenvalue weighted by atomic mass is 9.86. The zero-order valence-electron chi connectivity index (χ0n) is 53.6. The fraction of sp³-hybridized carbons (Fsp3) is 0.783. The second-order valence-corrected chi connectivity index (χ2v) is 24.3. The lowest BCUT2D eigenvalue weighted by Crippen LogP contribution is -2.62. The predicted molar refractivity (Wildman–Crippen MR) is 312 cm³/mol. The molecule has 0 saturated carbocycles. The summed E-state index contributed by atoms with van der Waals surface area (Å²) in [5.41, 5.74) is 6.16. The van der Waals surface area contributed by atoms with Crippen LogP contribution < -0.4 is 11.1 Å². The number of hydrogen-bond acceptors (Lipinski definition) is 14. The molecule has 21 nitrogen and oxygen atoms in total. The molecule has 0 radical (unpaired) electrons. The van der Waals surface area contributed by atoms with Crippen molar-refractivity contribution in [1.82, 2.24) is 34.7 Å². The number of ketones is 2. The van der Waals surface area contributed by atoms with E-state index in [0.29, 0.717) is 12.8 Å². The minimum Gasteiger partial charge on any atom is -0.468 e. The van der Waals surface area contributed by atoms with E-state index < -0.39 is 125 Å². The van der Waals surface area contributed by atoms with Crippen LogP contribution in [0.5, 0.6) is 0 Å². The van der Waals surface area contributed by atoms with Crippen LogP contribution in [0.3, 0.4) is 0 Å². The van der Waals surface area contributed by atoms with Gasteiger partial charge in [0, 0.05) is 73.9 Å². The van der Waals surface area contributed by atoms with Crippen molar-refractivity contribution < 1.29 is 62.2 Å². The molecule has 0 aliphatic heterocycles. The minimum absolute atomic E-state index is 0.0462. The number of Topliss-reactive ketones (excluding diaryl/α,β-unsaturated/α-hetero) is 2. The lowest BCUT2D eigenvalue weighted by molar-refractivity contribution is -0.163. The molecular formula is C60H106N8O13. The Morgan fingerprint density at radius 3 is 1.44 bits per heavy atom. The third-order valence-corrected chi connectivity index (χ3v) is 15.1. The molecule has 0 unspecified atom stereocenters. The van der Waals surface area contributed by atoms with Gasteiger partial charge in [0.25, 0.3) is 0 Å². The highest BCUT2D eigenvalue weighted by Crippen LogP contribution is 2.28. The third kappa shape index (κ3) is 22.9. The summed E-state index contributed by atoms with van der Waals surface area (Å²) in [7, 11) is 9.93. The first-order chi connectivity index (χ1) is 37.4. The van der Waals surface area contributed by atoms with Crippen LogP contribution in [0.15, 0.2) is 12.2 Å². The van der Waals surface area contributed by atoms with Gasteiger partial charge in [-0.05, 0) is 81.5 Å². The maximum atomic E-state index is 15.2. The van der Waals surface area contributed by atoms with E-state index in [1.165, 1.54) is 80.7 Å². The number of nitrogens with two attached hydrogens (primary N) is 1. The quantitative estimate of drug-likeness (QED) is 0.0615. The van der Waals surface area contributed by atoms with Crippen molar-refractivity contribution >= 4 is 64.9 Å². The Morgan fingerprint density at radius 1 is 0.556 bits per heavy atom. The topological polar surface area (TPSA) is 264 Å². The Kier molecular flexibility index (Phi) is 32.8. The summed E-state index contributed by atoms with van der Waals surface area (Å²) in [4.78, 5) is 161. The molecule has 11 atom stereocenters. The van der Waals surface area contributed by atoms with E-state index in [-0.39, 0.29) is 74.0 Å². The highest BCUT2D eigenvalue weighted by Gasteiger charge is 2.46. The molecule has 7 amide bonds. The summed E-state index contributed by atoms with van der Waals surface area (Å²) in [5, 5.41) is 2.72. The van der Waals surface area contributed by atoms with E-state index >= 15 is 9.59 Å². The molecule has 0 aliphatic carbocycles. The maximum Gasteiger partial charge on any atom is 0.325 e. The molecule has 0 fully saturated rings. The Bertz CT molecular complexity index is 2160. The molecular weight excluding hydrogens is 1040 g/mol. The van der Waals surface area contributed by atoms with Gasteiger partial charge in [-0.25, -0.2) is 0 Å². The van der Waals surface area contributed by atoms with Crippen LogP contribution in [-0.2, 0) is 62.2 Å². The second-order valence-electron chi connectivity index (χ2n) is 24.3. The van der Waals surface area contributed by atoms with Gasteiger partial charge in [0.1, 0.15) is 42.9 Å². The van der Waals surface area contributed by atoms with E-state index in [1.807, 2.05) is 68.4 Å². The number of nitrogens with zero attached hydrogens (tertiary/aromatic N) is 6. The van der Waals surface area contributed by atoms with Crippen molar-refractivity contribution in [3.63, 3.8) is 0 Å². The SMILES string of the molecule is C/C=C/C[C@@H](C)[C@@H](OC(C)=O)[C@@H](C(=O)C[C@@H](CC)C(=O)N(C)CC(=O)OC)N(C)C(=O)[C@H](C(C)C)N(C)C(=O)[C@H](CC(C)C)N(C)C(=O)[C@H](CC(C)C)N(C)C(=O)[C@@H](C)NC(=O)[C@H](C)CC(=O)[C@H](CC(C)C)N(C)C(=O)[C@@H](N)C(C)C. The molecule has 464 valence electrons. The van der Waals surface area contributed by atoms with Crippen LogP contribution in [0.25, 0.3) is 0 Å². The van der Waals surface area contributed by atoms with E-state index in [1.54, 1.807) is 47.7 Å². The number of rotatable bonds is 35. The number of carbonyl (C=O) groups is 11. The third-order valence-electron chi connectivity index (χ3n) is 15.1. The van der Waals surface area contributed by atoms with E-state index in [4.69, 9.17) is 15.2 Å². The lowest BCUT2D eigenvalue weighted by Gasteiger charge is -2.42. The molecule has 81 heavy (non-hydrogen) atoms. The average Bonchev–Trinajstić information content (AvgIpc) is 3.38. The zero-order chi connectivity index (χ0) is 63.2. The van der Waals surface area contributed by atoms with E-state index in [9.17, 15) is 43.2 Å². The second kappa shape index (κ2) is 35.3. The molecule has 0 bridgehead atoms. The van der Waals surface area contributed by atoms with Crippen molar-refractivity contribution in [2.75, 3.05) is 55.9 Å². The van der Waals surface area contributed by atoms with Crippen molar-refractivity contribution in [2.45, 2.75) is 204 Å². The van der Waals surface area contributed by atoms with Gasteiger partial charge in [-0.1, -0.05) is 102 Å². The van der Waals surface area contributed by atoms with Crippen molar-refractivity contribution in [3.05, 3.63) is 12.2 Å². The minimum atomic E-state index is -1.43. The number of hydrogen-bond donors (Lipinski definition) is 2. The zero-order valence-corrected chi connectivity index (χ0v) is 53.6. The number of carbonyl (C=O) groups excluding carboxylic acids is 11. The van der Waals surface area contributed by atoms with Crippen molar-refractivity contribution in [3.8, 4) is 0 Å². The number of methoxy groups -OCH3 is 1. The molecule has 0 rings (SSSR count). The summed E-state index contributed by atoms with van der Waals surface area (Å²) >= 11 is 0. The monoisotopic (exact) mass is 1150 g/mol. The van der Waals surface area contributed by atoms with Gasteiger partial charge in [-0.15, -0.1) is 0 Å². The van der Waals surface area contributed by atoms with Crippen LogP contribution in [0, 0.1) is 47.3 Å². The van der Waals surface area contributed by atoms with Gasteiger partial charge in [0.15, 0.2) is 11.6 Å². The fourth-order valence-corrected chi connectivity index (χ4v) is 9.99. The van der Waals surface area contributed by atoms with Gasteiger partial charge in [-0.3, -0.25) is 52.7 Å². The van der Waals surface area contributed by atoms with Crippen LogP contribution >= 0.6 is 0 Å². The fourth-order valence-electron chi connectivity index (χ4n) is 9.99. The number of amides is 7. The van der Waals surface area contributed by atoms with Crippen molar-refractivity contribution in [1.29, 1.82) is 0 Å². The standard InChI is InChI=1S/C60H106N8O13/c1-24-26-27-39(13)53(81-42(16)69)52(48(71)32-43(25-2)56(75)63(17)33-49(72)80-23)68(22)60(79)51(38(11)12)67(21)58(77)46(30-36(7)8)66(20)57(76)45(29-35(5)6)65(19)55(74)41(15)62-54(73)40(14)31-47(70)44(28-34(3)4)64(18)59(78)50(61)37(9)10/h24,26,34-41,43-46,50-53H,25,27-33,61H2,1-23H3,(H,62,73)/b26-24+/t39-,40-,41-,43-,44+,45+,46+,50+,51+,52-,53-/m1/s1. The summed E-state index contributed by atoms with van der Waals surface area (Å²) in [6.07, 6.45) is 3.09. The summed E-state index contributed by atoms with van der Waals surface area (Å²) in [5.74, 6) is -9.46. The number of nitrogens with one attached hydrogen (secondary N) is 1. The number of ether oxygens (including phenoxy) is 2. The highest BCUT2D eigenvalue weighted by atomic mass is 16.5. The van der Waals surface area contributed by atoms with Gasteiger partial charge in [-0.2, -0.15) is 0 Å². The number of esters is 2. The molecule has 0 saturated heterocycles. The van der Waals surface area contributed by atoms with Gasteiger partial charge in [0.05, 0.1) is 19.2 Å². The predicted octanol–water partition coefficient (Wildman–Crippen LogP) is 5.15. The van der Waals surface area contributed by atoms with Crippen molar-refractivity contribution in [2.24, 2.45) is 53.1 Å². The van der Waals surface area contributed by atoms with Crippen LogP contribution in [0.1, 0.15) is 156 Å². The first-order valence-electron chi connectivity index (χ1n) is 28.9. The molecule has 3 N–H and O–H groups in total. The summed E-state index contributed by atoms with van der Waals surface area (Å²) in [6, 6.07) is -7.71. The molecule has 21 heteroatoms. The van der Waals surface area contributed by atoms with Gasteiger partial charge in [0.2, 0.25) is 41.4 Å². The Morgan fingerprint density at radius 2 is 1.01 bits per heavy atom. The average molecular weight is 1150 g/mol. The summed E-state index contributed by atoms with van der Waals surface area (Å²) < 4.78 is 10.6. The number of allylic oxidation sites excluding steroid dienone is 2. The van der Waals surface area contributed by atoms with Gasteiger partial charge < -0.3 is 49.9 Å². The molecule has 0 aromatic rings. The molecule has 0 heterocycles. The molecule has 0 aromatic carbocycles. The Labute approximate surface area is 485 Å². The van der Waals surface area contributed by atoms with Crippen LogP contribution in [-0.4, -0.2) is 199 Å². The van der Waals surface area contributed by atoms with E-state index in [0.717, 1.165) is 4.90 Å².